The van der Waals surface area contributed by atoms with Gasteiger partial charge in [-0.3, -0.25) is 0 Å². The third-order valence-corrected chi connectivity index (χ3v) is 8.28. The van der Waals surface area contributed by atoms with Gasteiger partial charge in [-0.2, -0.15) is 0 Å². The fourth-order valence-electron chi connectivity index (χ4n) is 4.94. The molecule has 0 aliphatic carbocycles. The highest BCUT2D eigenvalue weighted by Crippen LogP contribution is 2.35. The van der Waals surface area contributed by atoms with Crippen LogP contribution in [0.2, 0.25) is 0 Å². The number of benzene rings is 4. The Kier molecular flexibility index (Phi) is 12.3. The Morgan fingerprint density at radius 2 is 0.929 bits per heavy atom. The minimum atomic E-state index is -0.447. The number of alkyl halides is 1. The van der Waals surface area contributed by atoms with Gasteiger partial charge in [0.15, 0.2) is 0 Å². The van der Waals surface area contributed by atoms with Crippen molar-refractivity contribution in [3.63, 3.8) is 0 Å². The lowest BCUT2D eigenvalue weighted by molar-refractivity contribution is -0.254. The first-order valence-electron chi connectivity index (χ1n) is 14.2. The Balaban J connectivity index is 1.40. The Hall–Kier alpha value is -2.68. The lowest BCUT2D eigenvalue weighted by Crippen LogP contribution is -2.60. The zero-order chi connectivity index (χ0) is 28.8. The van der Waals surface area contributed by atoms with E-state index in [-0.39, 0.29) is 5.44 Å². The van der Waals surface area contributed by atoms with Crippen molar-refractivity contribution in [3.8, 4) is 0 Å². The first-order chi connectivity index (χ1) is 20.8. The van der Waals surface area contributed by atoms with Gasteiger partial charge in [-0.05, 0) is 22.3 Å². The fourth-order valence-corrected chi connectivity index (χ4v) is 6.08. The summed E-state index contributed by atoms with van der Waals surface area (Å²) >= 11 is 7.77. The maximum atomic E-state index is 6.70. The zero-order valence-electron chi connectivity index (χ0n) is 23.5. The SMILES string of the molecule is ClCS[C@H]1O[C@H](COCc2ccccc2)[C@@H](OCc2ccccc2)[C@H](OCc2ccccc2)[C@@H]1OCc1ccccc1. The van der Waals surface area contributed by atoms with Crippen molar-refractivity contribution >= 4 is 23.4 Å². The molecule has 1 heterocycles. The van der Waals surface area contributed by atoms with Crippen LogP contribution in [0.5, 0.6) is 0 Å². The van der Waals surface area contributed by atoms with E-state index in [2.05, 4.69) is 48.5 Å². The normalized spacial score (nSPS) is 22.2. The summed E-state index contributed by atoms with van der Waals surface area (Å²) in [6, 6.07) is 40.5. The van der Waals surface area contributed by atoms with Gasteiger partial charge < -0.3 is 23.7 Å². The highest BCUT2D eigenvalue weighted by atomic mass is 35.5. The molecule has 0 aromatic heterocycles. The second-order valence-electron chi connectivity index (χ2n) is 10.1. The second-order valence-corrected chi connectivity index (χ2v) is 11.8. The van der Waals surface area contributed by atoms with Crippen LogP contribution in [-0.2, 0) is 50.1 Å². The molecule has 0 N–H and O–H groups in total. The molecule has 1 aliphatic rings. The van der Waals surface area contributed by atoms with Crippen molar-refractivity contribution in [2.24, 2.45) is 0 Å². The van der Waals surface area contributed by atoms with Gasteiger partial charge in [-0.15, -0.1) is 23.4 Å². The molecule has 0 unspecified atom stereocenters. The van der Waals surface area contributed by atoms with E-state index in [0.717, 1.165) is 22.3 Å². The summed E-state index contributed by atoms with van der Waals surface area (Å²) in [5.41, 5.74) is 3.95. The summed E-state index contributed by atoms with van der Waals surface area (Å²) in [5, 5.41) is 0.356. The molecule has 42 heavy (non-hydrogen) atoms. The van der Waals surface area contributed by atoms with Crippen LogP contribution in [-0.4, -0.2) is 41.7 Å². The van der Waals surface area contributed by atoms with Crippen LogP contribution >= 0.6 is 23.4 Å². The first kappa shape index (κ1) is 30.8. The van der Waals surface area contributed by atoms with E-state index in [1.807, 2.05) is 72.8 Å². The summed E-state index contributed by atoms with van der Waals surface area (Å²) in [6.45, 7) is 2.05. The van der Waals surface area contributed by atoms with E-state index in [4.69, 9.17) is 35.3 Å². The minimum Gasteiger partial charge on any atom is -0.374 e. The molecule has 1 saturated heterocycles. The first-order valence-corrected chi connectivity index (χ1v) is 15.8. The smallest absolute Gasteiger partial charge is 0.133 e. The number of ether oxygens (including phenoxy) is 5. The predicted octanol–water partition coefficient (Wildman–Crippen LogP) is 7.61. The molecule has 7 heteroatoms. The van der Waals surface area contributed by atoms with E-state index < -0.39 is 24.4 Å². The van der Waals surface area contributed by atoms with Gasteiger partial charge in [-0.25, -0.2) is 0 Å². The van der Waals surface area contributed by atoms with Crippen molar-refractivity contribution in [3.05, 3.63) is 144 Å². The Labute approximate surface area is 258 Å². The molecular formula is C35H37ClO5S. The number of hydrogen-bond donors (Lipinski definition) is 0. The predicted molar refractivity (Wildman–Crippen MR) is 168 cm³/mol. The van der Waals surface area contributed by atoms with E-state index in [1.165, 1.54) is 11.8 Å². The van der Waals surface area contributed by atoms with Crippen LogP contribution in [0.15, 0.2) is 121 Å². The Bertz CT molecular complexity index is 1280. The van der Waals surface area contributed by atoms with Gasteiger partial charge >= 0.3 is 0 Å². The van der Waals surface area contributed by atoms with E-state index in [9.17, 15) is 0 Å². The second kappa shape index (κ2) is 16.8. The molecular weight excluding hydrogens is 568 g/mol. The topological polar surface area (TPSA) is 46.2 Å². The lowest BCUT2D eigenvalue weighted by atomic mass is 9.98. The standard InChI is InChI=1S/C35H37ClO5S/c36-26-42-35-34(40-24-30-19-11-4-12-20-30)33(39-23-29-17-9-3-10-18-29)32(38-22-28-15-7-2-8-16-28)31(41-35)25-37-21-27-13-5-1-6-14-27/h1-20,31-35H,21-26H2/t31-,32-,33+,34+,35-/m1/s1. The number of halogens is 1. The van der Waals surface area contributed by atoms with Gasteiger partial charge in [-0.1, -0.05) is 121 Å². The van der Waals surface area contributed by atoms with Gasteiger partial charge in [0.1, 0.15) is 29.9 Å². The molecule has 5 nitrogen and oxygen atoms in total. The van der Waals surface area contributed by atoms with Crippen LogP contribution < -0.4 is 0 Å². The highest BCUT2D eigenvalue weighted by molar-refractivity contribution is 8.00. The summed E-state index contributed by atoms with van der Waals surface area (Å²) in [7, 11) is 0. The van der Waals surface area contributed by atoms with Crippen molar-refractivity contribution in [2.45, 2.75) is 56.3 Å². The average molecular weight is 605 g/mol. The molecule has 0 radical (unpaired) electrons. The zero-order valence-corrected chi connectivity index (χ0v) is 25.1. The Morgan fingerprint density at radius 1 is 0.524 bits per heavy atom. The molecule has 1 fully saturated rings. The minimum absolute atomic E-state index is 0.338. The van der Waals surface area contributed by atoms with Gasteiger partial charge in [0, 0.05) is 0 Å². The van der Waals surface area contributed by atoms with Crippen LogP contribution in [0.4, 0.5) is 0 Å². The summed E-state index contributed by atoms with van der Waals surface area (Å²) in [4.78, 5) is 0. The van der Waals surface area contributed by atoms with Crippen molar-refractivity contribution in [1.82, 2.24) is 0 Å². The molecule has 0 bridgehead atoms. The summed E-state index contributed by atoms with van der Waals surface area (Å²) < 4.78 is 32.8. The monoisotopic (exact) mass is 604 g/mol. The maximum Gasteiger partial charge on any atom is 0.133 e. The molecule has 220 valence electrons. The van der Waals surface area contributed by atoms with E-state index in [0.29, 0.717) is 38.2 Å². The quantitative estimate of drug-likeness (QED) is 0.130. The van der Waals surface area contributed by atoms with Crippen molar-refractivity contribution in [2.75, 3.05) is 11.8 Å². The molecule has 0 spiro atoms. The van der Waals surface area contributed by atoms with Crippen LogP contribution in [0, 0.1) is 0 Å². The third kappa shape index (κ3) is 9.16. The van der Waals surface area contributed by atoms with Gasteiger partial charge in [0.25, 0.3) is 0 Å². The molecule has 5 atom stereocenters. The van der Waals surface area contributed by atoms with E-state index in [1.54, 1.807) is 0 Å². The van der Waals surface area contributed by atoms with Gasteiger partial charge in [0.2, 0.25) is 0 Å². The fraction of sp³-hybridized carbons (Fsp3) is 0.314. The number of hydrogen-bond acceptors (Lipinski definition) is 6. The largest absolute Gasteiger partial charge is 0.374 e. The van der Waals surface area contributed by atoms with Crippen LogP contribution in [0.1, 0.15) is 22.3 Å². The average Bonchev–Trinajstić information content (AvgIpc) is 3.05. The molecule has 5 rings (SSSR count). The van der Waals surface area contributed by atoms with Gasteiger partial charge in [0.05, 0.1) is 38.2 Å². The lowest BCUT2D eigenvalue weighted by Gasteiger charge is -2.46. The van der Waals surface area contributed by atoms with Crippen molar-refractivity contribution in [1.29, 1.82) is 0 Å². The molecule has 0 amide bonds. The highest BCUT2D eigenvalue weighted by Gasteiger charge is 2.48. The maximum absolute atomic E-state index is 6.70. The number of thioether (sulfide) groups is 1. The number of rotatable bonds is 15. The van der Waals surface area contributed by atoms with Crippen LogP contribution in [0.3, 0.4) is 0 Å². The summed E-state index contributed by atoms with van der Waals surface area (Å²) in [5.74, 6) is 0. The molecule has 0 saturated carbocycles. The van der Waals surface area contributed by atoms with E-state index >= 15 is 0 Å². The third-order valence-electron chi connectivity index (χ3n) is 7.07. The Morgan fingerprint density at radius 3 is 1.38 bits per heavy atom. The summed E-state index contributed by atoms with van der Waals surface area (Å²) in [6.07, 6.45) is -1.70. The van der Waals surface area contributed by atoms with Crippen LogP contribution in [0.25, 0.3) is 0 Å². The molecule has 4 aromatic rings. The molecule has 4 aromatic carbocycles. The van der Waals surface area contributed by atoms with Crippen molar-refractivity contribution < 1.29 is 23.7 Å². The molecule has 1 aliphatic heterocycles.